The molecule has 0 unspecified atom stereocenters. The van der Waals surface area contributed by atoms with E-state index in [0.29, 0.717) is 0 Å². The summed E-state index contributed by atoms with van der Waals surface area (Å²) in [6.07, 6.45) is 0. The molecule has 0 amide bonds. The molecule has 1 rings (SSSR count). The van der Waals surface area contributed by atoms with Crippen LogP contribution in [0.2, 0.25) is 0 Å². The van der Waals surface area contributed by atoms with Gasteiger partial charge in [0.25, 0.3) is 0 Å². The lowest BCUT2D eigenvalue weighted by molar-refractivity contribution is 1.16. The van der Waals surface area contributed by atoms with Gasteiger partial charge in [-0.1, -0.05) is 12.1 Å². The van der Waals surface area contributed by atoms with Crippen molar-refractivity contribution in [3.05, 3.63) is 29.3 Å². The Hall–Kier alpha value is -1.71. The third-order valence-electron chi connectivity index (χ3n) is 1.71. The van der Waals surface area contributed by atoms with Gasteiger partial charge in [-0.05, 0) is 31.0 Å². The Balaban J connectivity index is 3.13. The first-order valence-electron chi connectivity index (χ1n) is 3.92. The largest absolute Gasteiger partial charge is 0.366 e. The molecule has 0 spiro atoms. The van der Waals surface area contributed by atoms with Crippen molar-refractivity contribution < 1.29 is 0 Å². The van der Waals surface area contributed by atoms with Crippen LogP contribution in [0.3, 0.4) is 0 Å². The number of nitrogens with two attached hydrogens (primary N) is 1. The molecule has 0 aliphatic carbocycles. The minimum absolute atomic E-state index is 0.0197. The Morgan fingerprint density at radius 2 is 2.08 bits per heavy atom. The van der Waals surface area contributed by atoms with Crippen molar-refractivity contribution in [3.63, 3.8) is 0 Å². The van der Waals surface area contributed by atoms with E-state index in [2.05, 4.69) is 10.1 Å². The van der Waals surface area contributed by atoms with Gasteiger partial charge in [-0.2, -0.15) is 0 Å². The fraction of sp³-hybridized carbons (Fsp3) is 0.222. The maximum absolute atomic E-state index is 6.65. The molecular formula is C9H12N4. The zero-order valence-corrected chi connectivity index (χ0v) is 7.70. The lowest BCUT2D eigenvalue weighted by Crippen LogP contribution is -2.05. The number of guanidine groups is 1. The van der Waals surface area contributed by atoms with Crippen LogP contribution in [0.25, 0.3) is 0 Å². The molecule has 0 radical (unpaired) electrons. The first kappa shape index (κ1) is 9.38. The van der Waals surface area contributed by atoms with Gasteiger partial charge in [-0.15, -0.1) is 5.11 Å². The minimum atomic E-state index is -0.0197. The lowest BCUT2D eigenvalue weighted by Gasteiger charge is -2.00. The van der Waals surface area contributed by atoms with Crippen LogP contribution in [-0.2, 0) is 0 Å². The molecule has 0 bridgehead atoms. The number of hydrogen-bond acceptors (Lipinski definition) is 2. The molecule has 0 saturated heterocycles. The van der Waals surface area contributed by atoms with Crippen molar-refractivity contribution in [1.29, 1.82) is 5.53 Å². The lowest BCUT2D eigenvalue weighted by atomic mass is 10.1. The first-order chi connectivity index (χ1) is 6.13. The molecule has 0 atom stereocenters. The predicted octanol–water partition coefficient (Wildman–Crippen LogP) is 2.28. The predicted molar refractivity (Wildman–Crippen MR) is 52.3 cm³/mol. The summed E-state index contributed by atoms with van der Waals surface area (Å²) >= 11 is 0. The van der Waals surface area contributed by atoms with Crippen LogP contribution < -0.4 is 5.73 Å². The van der Waals surface area contributed by atoms with Crippen molar-refractivity contribution in [3.8, 4) is 0 Å². The van der Waals surface area contributed by atoms with E-state index < -0.39 is 0 Å². The van der Waals surface area contributed by atoms with Crippen molar-refractivity contribution >= 4 is 11.6 Å². The summed E-state index contributed by atoms with van der Waals surface area (Å²) in [7, 11) is 0. The number of nitrogens with zero attached hydrogens (tertiary/aromatic N) is 2. The SMILES string of the molecule is Cc1ccc(C)c(N=C(N)N=N)c1. The van der Waals surface area contributed by atoms with Gasteiger partial charge < -0.3 is 5.73 Å². The average molecular weight is 176 g/mol. The van der Waals surface area contributed by atoms with Crippen LogP contribution in [-0.4, -0.2) is 5.96 Å². The monoisotopic (exact) mass is 176 g/mol. The van der Waals surface area contributed by atoms with E-state index in [-0.39, 0.29) is 5.96 Å². The average Bonchev–Trinajstić information content (AvgIpc) is 2.11. The molecule has 0 aliphatic heterocycles. The minimum Gasteiger partial charge on any atom is -0.366 e. The van der Waals surface area contributed by atoms with E-state index in [1.165, 1.54) is 0 Å². The molecule has 0 aromatic heterocycles. The molecular weight excluding hydrogens is 164 g/mol. The van der Waals surface area contributed by atoms with Gasteiger partial charge in [0.15, 0.2) is 0 Å². The van der Waals surface area contributed by atoms with E-state index in [0.717, 1.165) is 16.8 Å². The van der Waals surface area contributed by atoms with Crippen molar-refractivity contribution in [2.45, 2.75) is 13.8 Å². The highest BCUT2D eigenvalue weighted by Crippen LogP contribution is 2.19. The Morgan fingerprint density at radius 1 is 1.38 bits per heavy atom. The molecule has 0 saturated carbocycles. The topological polar surface area (TPSA) is 74.6 Å². The first-order valence-corrected chi connectivity index (χ1v) is 3.92. The molecule has 1 aromatic rings. The van der Waals surface area contributed by atoms with Crippen LogP contribution in [0, 0.1) is 19.4 Å². The van der Waals surface area contributed by atoms with Gasteiger partial charge in [0.1, 0.15) is 0 Å². The van der Waals surface area contributed by atoms with Crippen LogP contribution >= 0.6 is 0 Å². The van der Waals surface area contributed by atoms with Crippen molar-refractivity contribution in [1.82, 2.24) is 0 Å². The van der Waals surface area contributed by atoms with E-state index >= 15 is 0 Å². The van der Waals surface area contributed by atoms with Crippen molar-refractivity contribution in [2.75, 3.05) is 0 Å². The fourth-order valence-corrected chi connectivity index (χ4v) is 0.988. The highest BCUT2D eigenvalue weighted by atomic mass is 15.1. The number of aryl methyl sites for hydroxylation is 2. The van der Waals surface area contributed by atoms with Crippen LogP contribution in [0.1, 0.15) is 11.1 Å². The van der Waals surface area contributed by atoms with E-state index in [1.807, 2.05) is 32.0 Å². The summed E-state index contributed by atoms with van der Waals surface area (Å²) in [5.41, 5.74) is 14.9. The Bertz CT molecular complexity index is 355. The highest BCUT2D eigenvalue weighted by molar-refractivity contribution is 5.81. The zero-order valence-electron chi connectivity index (χ0n) is 7.70. The third-order valence-corrected chi connectivity index (χ3v) is 1.71. The second kappa shape index (κ2) is 3.80. The van der Waals surface area contributed by atoms with Gasteiger partial charge in [0.2, 0.25) is 5.96 Å². The summed E-state index contributed by atoms with van der Waals surface area (Å²) in [5.74, 6) is -0.0197. The van der Waals surface area contributed by atoms with Crippen LogP contribution in [0.15, 0.2) is 28.3 Å². The molecule has 4 nitrogen and oxygen atoms in total. The summed E-state index contributed by atoms with van der Waals surface area (Å²) in [5, 5.41) is 3.03. The van der Waals surface area contributed by atoms with Crippen molar-refractivity contribution in [2.24, 2.45) is 15.8 Å². The zero-order chi connectivity index (χ0) is 9.84. The quantitative estimate of drug-likeness (QED) is 0.384. The second-order valence-corrected chi connectivity index (χ2v) is 2.87. The van der Waals surface area contributed by atoms with Crippen LogP contribution in [0.5, 0.6) is 0 Å². The maximum Gasteiger partial charge on any atom is 0.239 e. The second-order valence-electron chi connectivity index (χ2n) is 2.87. The smallest absolute Gasteiger partial charge is 0.239 e. The van der Waals surface area contributed by atoms with E-state index in [1.54, 1.807) is 0 Å². The molecule has 4 heteroatoms. The fourth-order valence-electron chi connectivity index (χ4n) is 0.988. The highest BCUT2D eigenvalue weighted by Gasteiger charge is 1.97. The molecule has 3 N–H and O–H groups in total. The third kappa shape index (κ3) is 2.37. The maximum atomic E-state index is 6.65. The van der Waals surface area contributed by atoms with Gasteiger partial charge in [0.05, 0.1) is 5.69 Å². The van der Waals surface area contributed by atoms with Gasteiger partial charge in [0, 0.05) is 0 Å². The molecule has 0 fully saturated rings. The van der Waals surface area contributed by atoms with E-state index in [4.69, 9.17) is 11.3 Å². The summed E-state index contributed by atoms with van der Waals surface area (Å²) in [4.78, 5) is 3.98. The summed E-state index contributed by atoms with van der Waals surface area (Å²) in [6.45, 7) is 3.92. The standard InChI is InChI=1S/C9H12N4/c1-6-3-4-7(2)8(5-6)12-9(10)13-11/h3-5,11H,1-2H3,(H2,10,12). The van der Waals surface area contributed by atoms with Crippen LogP contribution in [0.4, 0.5) is 5.69 Å². The Morgan fingerprint density at radius 3 is 2.69 bits per heavy atom. The molecule has 0 heterocycles. The van der Waals surface area contributed by atoms with Gasteiger partial charge >= 0.3 is 0 Å². The number of nitrogens with one attached hydrogen (secondary N) is 1. The summed E-state index contributed by atoms with van der Waals surface area (Å²) in [6, 6.07) is 5.88. The molecule has 13 heavy (non-hydrogen) atoms. The number of aliphatic imine (C=N–C) groups is 1. The number of benzene rings is 1. The Kier molecular flexibility index (Phi) is 2.74. The molecule has 1 aromatic carbocycles. The van der Waals surface area contributed by atoms with E-state index in [9.17, 15) is 0 Å². The normalized spacial score (nSPS) is 11.4. The number of rotatable bonds is 1. The van der Waals surface area contributed by atoms with Gasteiger partial charge in [-0.25, -0.2) is 10.5 Å². The molecule has 68 valence electrons. The van der Waals surface area contributed by atoms with Gasteiger partial charge in [-0.3, -0.25) is 0 Å². The molecule has 0 aliphatic rings. The summed E-state index contributed by atoms with van der Waals surface area (Å²) < 4.78 is 0. The Labute approximate surface area is 77.0 Å². The number of hydrogen-bond donors (Lipinski definition) is 2.